The van der Waals surface area contributed by atoms with Crippen LogP contribution in [-0.2, 0) is 11.3 Å². The van der Waals surface area contributed by atoms with Crippen molar-refractivity contribution in [3.63, 3.8) is 0 Å². The summed E-state index contributed by atoms with van der Waals surface area (Å²) in [5.41, 5.74) is 0. The monoisotopic (exact) mass is 348 g/mol. The van der Waals surface area contributed by atoms with Crippen molar-refractivity contribution in [1.82, 2.24) is 10.2 Å². The minimum Gasteiger partial charge on any atom is -0.481 e. The Morgan fingerprint density at radius 1 is 1.53 bits per heavy atom. The van der Waals surface area contributed by atoms with Gasteiger partial charge in [0.15, 0.2) is 0 Å². The standard InChI is InChI=1S/C12H17BrN2O3S/c1-3-15(7-8(2)11(16)17)12(18)14-6-9-4-5-10(13)19-9/h4-5,8H,3,6-7H2,1-2H3,(H,14,18)(H,16,17). The van der Waals surface area contributed by atoms with Crippen molar-refractivity contribution < 1.29 is 14.7 Å². The molecule has 0 fully saturated rings. The molecule has 1 aromatic rings. The lowest BCUT2D eigenvalue weighted by molar-refractivity contribution is -0.141. The molecule has 0 aliphatic rings. The lowest BCUT2D eigenvalue weighted by Gasteiger charge is -2.23. The molecule has 0 aliphatic heterocycles. The van der Waals surface area contributed by atoms with E-state index in [9.17, 15) is 9.59 Å². The van der Waals surface area contributed by atoms with Crippen molar-refractivity contribution in [2.75, 3.05) is 13.1 Å². The highest BCUT2D eigenvalue weighted by Gasteiger charge is 2.19. The quantitative estimate of drug-likeness (QED) is 0.830. The van der Waals surface area contributed by atoms with Crippen molar-refractivity contribution in [2.45, 2.75) is 20.4 Å². The van der Waals surface area contributed by atoms with Crippen LogP contribution in [0.2, 0.25) is 0 Å². The first-order valence-corrected chi connectivity index (χ1v) is 7.54. The molecule has 19 heavy (non-hydrogen) atoms. The summed E-state index contributed by atoms with van der Waals surface area (Å²) in [6, 6.07) is 3.63. The van der Waals surface area contributed by atoms with Gasteiger partial charge in [0.05, 0.1) is 16.2 Å². The molecule has 1 unspecified atom stereocenters. The van der Waals surface area contributed by atoms with Gasteiger partial charge < -0.3 is 15.3 Å². The molecule has 1 atom stereocenters. The van der Waals surface area contributed by atoms with E-state index in [1.165, 1.54) is 4.90 Å². The van der Waals surface area contributed by atoms with Crippen molar-refractivity contribution >= 4 is 39.3 Å². The largest absolute Gasteiger partial charge is 0.481 e. The van der Waals surface area contributed by atoms with Gasteiger partial charge in [-0.2, -0.15) is 0 Å². The second-order valence-corrected chi connectivity index (χ2v) is 6.69. The summed E-state index contributed by atoms with van der Waals surface area (Å²) in [5.74, 6) is -1.46. The summed E-state index contributed by atoms with van der Waals surface area (Å²) in [6.45, 7) is 4.57. The summed E-state index contributed by atoms with van der Waals surface area (Å²) in [4.78, 5) is 25.3. The fraction of sp³-hybridized carbons (Fsp3) is 0.500. The smallest absolute Gasteiger partial charge is 0.317 e. The van der Waals surface area contributed by atoms with E-state index < -0.39 is 11.9 Å². The van der Waals surface area contributed by atoms with E-state index in [4.69, 9.17) is 5.11 Å². The van der Waals surface area contributed by atoms with E-state index in [0.29, 0.717) is 13.1 Å². The van der Waals surface area contributed by atoms with Crippen LogP contribution in [0.1, 0.15) is 18.7 Å². The molecule has 2 amide bonds. The number of rotatable bonds is 6. The first kappa shape index (κ1) is 16.0. The summed E-state index contributed by atoms with van der Waals surface area (Å²) >= 11 is 4.92. The molecule has 0 bridgehead atoms. The Morgan fingerprint density at radius 3 is 2.68 bits per heavy atom. The van der Waals surface area contributed by atoms with Crippen LogP contribution in [0.3, 0.4) is 0 Å². The van der Waals surface area contributed by atoms with Crippen molar-refractivity contribution in [3.05, 3.63) is 20.8 Å². The molecule has 0 aliphatic carbocycles. The van der Waals surface area contributed by atoms with Crippen LogP contribution in [-0.4, -0.2) is 35.1 Å². The van der Waals surface area contributed by atoms with Gasteiger partial charge in [-0.05, 0) is 35.0 Å². The van der Waals surface area contributed by atoms with E-state index in [2.05, 4.69) is 21.2 Å². The van der Waals surface area contributed by atoms with Crippen LogP contribution >= 0.6 is 27.3 Å². The molecule has 0 saturated carbocycles. The molecule has 0 radical (unpaired) electrons. The predicted octanol–water partition coefficient (Wildman–Crippen LogP) is 2.76. The Hall–Kier alpha value is -1.08. The molecule has 5 nitrogen and oxygen atoms in total. The number of carbonyl (C=O) groups is 2. The Balaban J connectivity index is 2.47. The molecule has 0 spiro atoms. The Bertz CT molecular complexity index is 450. The number of amides is 2. The van der Waals surface area contributed by atoms with E-state index >= 15 is 0 Å². The van der Waals surface area contributed by atoms with Gasteiger partial charge in [-0.25, -0.2) is 4.79 Å². The molecule has 1 rings (SSSR count). The molecule has 2 N–H and O–H groups in total. The summed E-state index contributed by atoms with van der Waals surface area (Å²) in [6.07, 6.45) is 0. The third-order valence-corrected chi connectivity index (χ3v) is 4.25. The maximum absolute atomic E-state index is 11.9. The Morgan fingerprint density at radius 2 is 2.21 bits per heavy atom. The minimum absolute atomic E-state index is 0.214. The van der Waals surface area contributed by atoms with Crippen LogP contribution in [0, 0.1) is 5.92 Å². The number of hydrogen-bond donors (Lipinski definition) is 2. The van der Waals surface area contributed by atoms with Gasteiger partial charge in [0.1, 0.15) is 0 Å². The zero-order chi connectivity index (χ0) is 14.4. The SMILES string of the molecule is CCN(CC(C)C(=O)O)C(=O)NCc1ccc(Br)s1. The van der Waals surface area contributed by atoms with E-state index in [1.807, 2.05) is 19.1 Å². The summed E-state index contributed by atoms with van der Waals surface area (Å²) in [5, 5.41) is 11.6. The van der Waals surface area contributed by atoms with E-state index in [1.54, 1.807) is 18.3 Å². The third kappa shape index (κ3) is 5.20. The molecular formula is C12H17BrN2O3S. The van der Waals surface area contributed by atoms with Crippen molar-refractivity contribution in [3.8, 4) is 0 Å². The van der Waals surface area contributed by atoms with Crippen LogP contribution in [0.4, 0.5) is 4.79 Å². The van der Waals surface area contributed by atoms with Crippen LogP contribution in [0.15, 0.2) is 15.9 Å². The van der Waals surface area contributed by atoms with E-state index in [-0.39, 0.29) is 12.6 Å². The molecule has 106 valence electrons. The number of urea groups is 1. The average molecular weight is 349 g/mol. The number of halogens is 1. The van der Waals surface area contributed by atoms with E-state index in [0.717, 1.165) is 8.66 Å². The normalized spacial score (nSPS) is 11.9. The first-order chi connectivity index (χ1) is 8.93. The zero-order valence-electron chi connectivity index (χ0n) is 10.9. The lowest BCUT2D eigenvalue weighted by Crippen LogP contribution is -2.42. The highest BCUT2D eigenvalue weighted by Crippen LogP contribution is 2.21. The number of nitrogens with zero attached hydrogens (tertiary/aromatic N) is 1. The van der Waals surface area contributed by atoms with Crippen molar-refractivity contribution in [2.24, 2.45) is 5.92 Å². The fourth-order valence-electron chi connectivity index (χ4n) is 1.49. The number of carbonyl (C=O) groups excluding carboxylic acids is 1. The third-order valence-electron chi connectivity index (χ3n) is 2.63. The highest BCUT2D eigenvalue weighted by atomic mass is 79.9. The topological polar surface area (TPSA) is 69.6 Å². The van der Waals surface area contributed by atoms with Crippen molar-refractivity contribution in [1.29, 1.82) is 0 Å². The van der Waals surface area contributed by atoms with Gasteiger partial charge in [0.25, 0.3) is 0 Å². The van der Waals surface area contributed by atoms with Gasteiger partial charge in [-0.15, -0.1) is 11.3 Å². The maximum Gasteiger partial charge on any atom is 0.317 e. The average Bonchev–Trinajstić information content (AvgIpc) is 2.78. The van der Waals surface area contributed by atoms with Gasteiger partial charge >= 0.3 is 12.0 Å². The Labute approximate surface area is 124 Å². The number of carboxylic acid groups (broad SMARTS) is 1. The van der Waals surface area contributed by atoms with Crippen LogP contribution in [0.5, 0.6) is 0 Å². The second-order valence-electron chi connectivity index (χ2n) is 4.14. The van der Waals surface area contributed by atoms with Crippen LogP contribution in [0.25, 0.3) is 0 Å². The molecular weight excluding hydrogens is 332 g/mol. The molecule has 0 aromatic carbocycles. The molecule has 1 aromatic heterocycles. The van der Waals surface area contributed by atoms with Crippen LogP contribution < -0.4 is 5.32 Å². The first-order valence-electron chi connectivity index (χ1n) is 5.93. The fourth-order valence-corrected chi connectivity index (χ4v) is 2.91. The summed E-state index contributed by atoms with van der Waals surface area (Å²) in [7, 11) is 0. The number of hydrogen-bond acceptors (Lipinski definition) is 3. The molecule has 7 heteroatoms. The second kappa shape index (κ2) is 7.49. The number of carboxylic acids is 1. The number of thiophene rings is 1. The predicted molar refractivity (Wildman–Crippen MR) is 78.3 cm³/mol. The number of nitrogens with one attached hydrogen (secondary N) is 1. The van der Waals surface area contributed by atoms with Gasteiger partial charge in [0, 0.05) is 18.0 Å². The van der Waals surface area contributed by atoms with Gasteiger partial charge in [-0.1, -0.05) is 6.92 Å². The number of aliphatic carboxylic acids is 1. The maximum atomic E-state index is 11.9. The summed E-state index contributed by atoms with van der Waals surface area (Å²) < 4.78 is 1.02. The minimum atomic E-state index is -0.895. The lowest BCUT2D eigenvalue weighted by atomic mass is 10.2. The van der Waals surface area contributed by atoms with Gasteiger partial charge in [0.2, 0.25) is 0 Å². The highest BCUT2D eigenvalue weighted by molar-refractivity contribution is 9.11. The Kier molecular flexibility index (Phi) is 6.30. The zero-order valence-corrected chi connectivity index (χ0v) is 13.3. The molecule has 1 heterocycles. The van der Waals surface area contributed by atoms with Gasteiger partial charge in [-0.3, -0.25) is 4.79 Å². The molecule has 0 saturated heterocycles.